The van der Waals surface area contributed by atoms with E-state index in [2.05, 4.69) is 107 Å². The van der Waals surface area contributed by atoms with Crippen molar-refractivity contribution < 1.29 is 25.4 Å². The Kier molecular flexibility index (Phi) is 13.9. The van der Waals surface area contributed by atoms with Gasteiger partial charge >= 0.3 is 438 Å². The topological polar surface area (TPSA) is 104 Å². The number of rotatable bonds is 18. The summed E-state index contributed by atoms with van der Waals surface area (Å²) in [5.74, 6) is 5.08. The predicted octanol–water partition coefficient (Wildman–Crippen LogP) is 10.6. The van der Waals surface area contributed by atoms with Crippen molar-refractivity contribution in [3.63, 3.8) is 0 Å². The molecule has 9 aliphatic heterocycles. The number of fused-ring (bicyclic) bond motifs is 12. The van der Waals surface area contributed by atoms with Gasteiger partial charge in [0.2, 0.25) is 0 Å². The van der Waals surface area contributed by atoms with Gasteiger partial charge in [0.1, 0.15) is 0 Å². The van der Waals surface area contributed by atoms with E-state index in [-0.39, 0.29) is 18.1 Å². The molecule has 73 heavy (non-hydrogen) atoms. The number of pyridine rings is 3. The third-order valence-electron chi connectivity index (χ3n) is 18.0. The predicted molar refractivity (Wildman–Crippen MR) is 287 cm³/mol. The van der Waals surface area contributed by atoms with Gasteiger partial charge in [0.15, 0.2) is 0 Å². The van der Waals surface area contributed by atoms with Gasteiger partial charge in [-0.1, -0.05) is 0 Å². The fraction of sp³-hybridized carbons (Fsp3) is 0.450. The molecule has 380 valence electrons. The van der Waals surface area contributed by atoms with Crippen LogP contribution in [0.4, 0.5) is 0 Å². The molecule has 15 rings (SSSR count). The van der Waals surface area contributed by atoms with Crippen LogP contribution < -0.4 is 14.2 Å². The number of hydrogen-bond donors (Lipinski definition) is 0. The first-order valence-corrected chi connectivity index (χ1v) is 28.8. The summed E-state index contributed by atoms with van der Waals surface area (Å²) < 4.78 is 42.1. The Morgan fingerprint density at radius 1 is 0.479 bits per heavy atom. The number of methoxy groups -OCH3 is 3. The average molecular weight is 1050 g/mol. The first-order valence-electron chi connectivity index (χ1n) is 26.5. The van der Waals surface area contributed by atoms with E-state index in [1.165, 1.54) is 0 Å². The molecule has 0 N–H and O–H groups in total. The first kappa shape index (κ1) is 48.7. The molecule has 0 radical (unpaired) electrons. The second-order valence-corrected chi connectivity index (χ2v) is 23.7. The third-order valence-corrected chi connectivity index (χ3v) is 20.5. The maximum atomic E-state index is 8.14. The van der Waals surface area contributed by atoms with Crippen LogP contribution in [0.3, 0.4) is 0 Å². The molecular weight excluding hydrogens is 976 g/mol. The van der Waals surface area contributed by atoms with Gasteiger partial charge in [-0.25, -0.2) is 0 Å². The van der Waals surface area contributed by atoms with Crippen molar-refractivity contribution in [2.75, 3.05) is 60.6 Å². The molecule has 0 amide bonds. The quantitative estimate of drug-likeness (QED) is 0.0605. The molecule has 12 heterocycles. The number of ether oxygens (including phenoxy) is 3. The van der Waals surface area contributed by atoms with E-state index in [4.69, 9.17) is 40.3 Å². The van der Waals surface area contributed by atoms with E-state index >= 15 is 0 Å². The van der Waals surface area contributed by atoms with Crippen LogP contribution >= 0.6 is 0 Å². The molecule has 12 nitrogen and oxygen atoms in total. The Hall–Kier alpha value is -5.17. The third kappa shape index (κ3) is 9.19. The molecule has 0 aliphatic carbocycles. The van der Waals surface area contributed by atoms with Crippen molar-refractivity contribution in [2.45, 2.75) is 75.0 Å². The van der Waals surface area contributed by atoms with Gasteiger partial charge in [-0.05, 0) is 0 Å². The molecule has 9 fully saturated rings. The second-order valence-electron chi connectivity index (χ2n) is 21.4. The van der Waals surface area contributed by atoms with Gasteiger partial charge in [-0.15, -0.1) is 0 Å². The maximum absolute atomic E-state index is 8.14. The van der Waals surface area contributed by atoms with E-state index in [0.29, 0.717) is 35.5 Å². The van der Waals surface area contributed by atoms with Crippen LogP contribution in [0.5, 0.6) is 17.2 Å². The van der Waals surface area contributed by atoms with Gasteiger partial charge in [-0.3, -0.25) is 0 Å². The number of nitrogens with zero attached hydrogens (tertiary/aromatic N) is 6. The van der Waals surface area contributed by atoms with Crippen LogP contribution in [0.15, 0.2) is 129 Å². The molecule has 0 saturated carbocycles. The van der Waals surface area contributed by atoms with Crippen molar-refractivity contribution >= 4 is 48.4 Å². The summed E-state index contributed by atoms with van der Waals surface area (Å²) in [6, 6.07) is 25.2. The SMILES string of the molecule is C=CC1CN2CCC1CC2C(O[As](OC(c1ccnc2ccc(OC)cc12)C1CC2CCN1CC2C=C)O[C@H](c1ccnc2ccc(OC)cc12)[C@H]1CC2CCN1CC2C=C)c1ccnc2ccc(OC)cc12. The van der Waals surface area contributed by atoms with Crippen molar-refractivity contribution in [3.8, 4) is 17.2 Å². The Balaban J connectivity index is 1.05. The molecule has 9 saturated heterocycles. The van der Waals surface area contributed by atoms with E-state index in [1.807, 2.05) is 36.8 Å². The molecule has 6 aromatic rings. The Morgan fingerprint density at radius 2 is 0.795 bits per heavy atom. The summed E-state index contributed by atoms with van der Waals surface area (Å²) in [5, 5.41) is 3.02. The molecule has 0 spiro atoms. The average Bonchev–Trinajstić information content (AvgIpc) is 3.46. The standard InChI is InChI=1S/C60H69AsN6O6/c1-7-37-34-65-25-19-40(37)28-55(65)58(46-16-22-62-52-13-10-43(68-4)31-49(46)52)71-61(72-59(56-29-41-20-26-66(56)35-38(41)8-2)47-17-23-63-53-14-11-44(69-5)32-50(47)53)73-60(57-30-42-21-27-67(57)36-39(42)9-3)48-18-24-64-54-15-12-45(70-6)33-51(48)54/h7-18,22-24,31-33,37-42,55-60H,1-3,19-21,25-30,34-36H2,4-6H3/t37?,38?,39?,40?,41?,42?,55-,56?,57?,58-,59?,60?,61?/m1/s1. The molecule has 13 heteroatoms. The Morgan fingerprint density at radius 3 is 1.05 bits per heavy atom. The fourth-order valence-corrected chi connectivity index (χ4v) is 17.1. The number of piperidine rings is 9. The Bertz CT molecular complexity index is 2700. The number of aromatic nitrogens is 3. The van der Waals surface area contributed by atoms with Crippen LogP contribution in [0, 0.1) is 35.5 Å². The zero-order chi connectivity index (χ0) is 49.7. The molecular formula is C60H69AsN6O6. The van der Waals surface area contributed by atoms with Crippen molar-refractivity contribution in [2.24, 2.45) is 35.5 Å². The molecule has 6 bridgehead atoms. The summed E-state index contributed by atoms with van der Waals surface area (Å²) in [6.45, 7) is 18.7. The van der Waals surface area contributed by atoms with Gasteiger partial charge in [0, 0.05) is 0 Å². The van der Waals surface area contributed by atoms with Crippen LogP contribution in [-0.2, 0) is 11.2 Å². The van der Waals surface area contributed by atoms with Gasteiger partial charge < -0.3 is 0 Å². The van der Waals surface area contributed by atoms with Gasteiger partial charge in [0.25, 0.3) is 0 Å². The zero-order valence-corrected chi connectivity index (χ0v) is 44.4. The summed E-state index contributed by atoms with van der Waals surface area (Å²) in [4.78, 5) is 22.7. The van der Waals surface area contributed by atoms with Crippen LogP contribution in [0.2, 0.25) is 0 Å². The fourth-order valence-electron chi connectivity index (χ4n) is 14.0. The minimum absolute atomic E-state index is 0.0512. The van der Waals surface area contributed by atoms with Crippen molar-refractivity contribution in [1.29, 1.82) is 0 Å². The van der Waals surface area contributed by atoms with E-state index in [1.54, 1.807) is 21.3 Å². The minimum atomic E-state index is -3.47. The van der Waals surface area contributed by atoms with E-state index in [9.17, 15) is 0 Å². The van der Waals surface area contributed by atoms with Crippen LogP contribution in [0.25, 0.3) is 32.7 Å². The van der Waals surface area contributed by atoms with Gasteiger partial charge in [0.05, 0.1) is 0 Å². The molecule has 13 unspecified atom stereocenters. The molecule has 3 aromatic carbocycles. The van der Waals surface area contributed by atoms with E-state index < -0.39 is 34.0 Å². The zero-order valence-electron chi connectivity index (χ0n) is 42.5. The second kappa shape index (κ2) is 20.9. The van der Waals surface area contributed by atoms with Crippen molar-refractivity contribution in [1.82, 2.24) is 29.7 Å². The molecule has 3 aromatic heterocycles. The Labute approximate surface area is 435 Å². The normalized spacial score (nSPS) is 30.9. The van der Waals surface area contributed by atoms with Gasteiger partial charge in [-0.2, -0.15) is 0 Å². The van der Waals surface area contributed by atoms with Crippen molar-refractivity contribution in [3.05, 3.63) is 146 Å². The molecule has 15 atom stereocenters. The summed E-state index contributed by atoms with van der Waals surface area (Å²) in [5.41, 5.74) is 5.88. The number of hydrogen-bond acceptors (Lipinski definition) is 12. The summed E-state index contributed by atoms with van der Waals surface area (Å²) in [6.07, 6.45) is 17.4. The summed E-state index contributed by atoms with van der Waals surface area (Å²) >= 11 is -3.47. The number of benzene rings is 3. The summed E-state index contributed by atoms with van der Waals surface area (Å²) in [7, 11) is 5.18. The molecule has 9 aliphatic rings. The van der Waals surface area contributed by atoms with E-state index in [0.717, 1.165) is 144 Å². The monoisotopic (exact) mass is 1040 g/mol. The van der Waals surface area contributed by atoms with Crippen LogP contribution in [-0.4, -0.2) is 124 Å². The first-order chi connectivity index (χ1) is 35.8. The van der Waals surface area contributed by atoms with Crippen LogP contribution in [0.1, 0.15) is 73.5 Å².